The van der Waals surface area contributed by atoms with E-state index in [9.17, 15) is 22.8 Å². The number of halogens is 3. The monoisotopic (exact) mass is 463 g/mol. The van der Waals surface area contributed by atoms with Gasteiger partial charge in [0.15, 0.2) is 0 Å². The van der Waals surface area contributed by atoms with Gasteiger partial charge < -0.3 is 21.5 Å². The predicted molar refractivity (Wildman–Crippen MR) is 113 cm³/mol. The van der Waals surface area contributed by atoms with E-state index in [-0.39, 0.29) is 11.9 Å². The Bertz CT molecular complexity index is 1170. The zero-order chi connectivity index (χ0) is 24.2. The van der Waals surface area contributed by atoms with E-state index in [1.165, 1.54) is 0 Å². The van der Waals surface area contributed by atoms with Gasteiger partial charge in [0.25, 0.3) is 5.91 Å². The van der Waals surface area contributed by atoms with Crippen molar-refractivity contribution >= 4 is 34.4 Å². The van der Waals surface area contributed by atoms with E-state index < -0.39 is 18.1 Å². The van der Waals surface area contributed by atoms with Crippen LogP contribution in [0.1, 0.15) is 23.2 Å². The van der Waals surface area contributed by atoms with Crippen LogP contribution in [0.25, 0.3) is 16.6 Å². The molecule has 3 aromatic rings. The number of nitrogens with two attached hydrogens (primary N) is 1. The smallest absolute Gasteiger partial charge is 0.475 e. The molecule has 12 heteroatoms. The van der Waals surface area contributed by atoms with Crippen molar-refractivity contribution in [3.63, 3.8) is 0 Å². The van der Waals surface area contributed by atoms with Crippen LogP contribution in [0, 0.1) is 0 Å². The van der Waals surface area contributed by atoms with Gasteiger partial charge in [-0.15, -0.1) is 0 Å². The second-order valence-corrected chi connectivity index (χ2v) is 7.17. The molecule has 0 aliphatic carbocycles. The molecular weight excluding hydrogens is 443 g/mol. The van der Waals surface area contributed by atoms with E-state index in [1.807, 2.05) is 36.5 Å². The summed E-state index contributed by atoms with van der Waals surface area (Å²) in [5.41, 5.74) is 7.95. The highest BCUT2D eigenvalue weighted by Crippen LogP contribution is 2.21. The zero-order valence-corrected chi connectivity index (χ0v) is 17.1. The minimum Gasteiger partial charge on any atom is -0.475 e. The van der Waals surface area contributed by atoms with Crippen molar-refractivity contribution in [2.45, 2.75) is 25.1 Å². The number of nitrogens with one attached hydrogen (secondary N) is 2. The molecule has 5 N–H and O–H groups in total. The molecule has 1 atom stereocenters. The number of aliphatic carboxylic acids is 1. The van der Waals surface area contributed by atoms with Gasteiger partial charge in [0.1, 0.15) is 5.52 Å². The molecule has 174 valence electrons. The van der Waals surface area contributed by atoms with Crippen LogP contribution >= 0.6 is 0 Å². The molecule has 2 aromatic carbocycles. The van der Waals surface area contributed by atoms with Gasteiger partial charge in [-0.2, -0.15) is 18.3 Å². The first-order valence-corrected chi connectivity index (χ1v) is 9.79. The number of hydrogen-bond donors (Lipinski definition) is 4. The third kappa shape index (κ3) is 5.86. The first kappa shape index (κ1) is 23.7. The summed E-state index contributed by atoms with van der Waals surface area (Å²) in [5.74, 6) is -3.27. The lowest BCUT2D eigenvalue weighted by Gasteiger charge is -2.11. The minimum absolute atomic E-state index is 0.00817. The van der Waals surface area contributed by atoms with E-state index in [2.05, 4.69) is 15.7 Å². The fraction of sp³-hybridized carbons (Fsp3) is 0.238. The molecule has 1 aliphatic heterocycles. The summed E-state index contributed by atoms with van der Waals surface area (Å²) in [5, 5.41) is 18.5. The number of anilines is 1. The van der Waals surface area contributed by atoms with Crippen molar-refractivity contribution in [2.24, 2.45) is 5.73 Å². The molecule has 2 amide bonds. The molecular formula is C21H20F3N5O4. The van der Waals surface area contributed by atoms with Crippen molar-refractivity contribution in [2.75, 3.05) is 11.9 Å². The highest BCUT2D eigenvalue weighted by Gasteiger charge is 2.38. The molecule has 1 saturated heterocycles. The fourth-order valence-electron chi connectivity index (χ4n) is 3.21. The molecule has 0 spiro atoms. The number of rotatable bonds is 4. The summed E-state index contributed by atoms with van der Waals surface area (Å²) >= 11 is 0. The highest BCUT2D eigenvalue weighted by atomic mass is 19.4. The van der Waals surface area contributed by atoms with Gasteiger partial charge in [-0.3, -0.25) is 9.59 Å². The van der Waals surface area contributed by atoms with Crippen LogP contribution in [-0.4, -0.2) is 51.4 Å². The molecule has 33 heavy (non-hydrogen) atoms. The Morgan fingerprint density at radius 3 is 2.36 bits per heavy atom. The Morgan fingerprint density at radius 2 is 1.82 bits per heavy atom. The first-order valence-electron chi connectivity index (χ1n) is 9.79. The van der Waals surface area contributed by atoms with Crippen molar-refractivity contribution < 1.29 is 32.7 Å². The van der Waals surface area contributed by atoms with E-state index >= 15 is 0 Å². The number of benzene rings is 2. The molecule has 4 rings (SSSR count). The minimum atomic E-state index is -5.08. The maximum Gasteiger partial charge on any atom is 0.490 e. The number of aromatic nitrogens is 2. The first-order chi connectivity index (χ1) is 15.6. The van der Waals surface area contributed by atoms with Gasteiger partial charge >= 0.3 is 12.1 Å². The van der Waals surface area contributed by atoms with E-state index in [4.69, 9.17) is 15.6 Å². The summed E-state index contributed by atoms with van der Waals surface area (Å²) < 4.78 is 33.4. The van der Waals surface area contributed by atoms with Crippen LogP contribution in [0.15, 0.2) is 48.7 Å². The van der Waals surface area contributed by atoms with Crippen LogP contribution in [0.5, 0.6) is 0 Å². The Morgan fingerprint density at radius 1 is 1.15 bits per heavy atom. The predicted octanol–water partition coefficient (Wildman–Crippen LogP) is 2.45. The number of carbonyl (C=O) groups excluding carboxylic acids is 2. The molecule has 0 saturated carbocycles. The number of primary amides is 1. The van der Waals surface area contributed by atoms with Gasteiger partial charge in [0, 0.05) is 17.3 Å². The summed E-state index contributed by atoms with van der Waals surface area (Å²) in [4.78, 5) is 32.6. The summed E-state index contributed by atoms with van der Waals surface area (Å²) in [6.45, 7) is 0.886. The van der Waals surface area contributed by atoms with Gasteiger partial charge in [-0.05, 0) is 49.7 Å². The van der Waals surface area contributed by atoms with E-state index in [1.54, 1.807) is 16.8 Å². The Hall–Kier alpha value is -3.93. The average Bonchev–Trinajstić information content (AvgIpc) is 3.43. The van der Waals surface area contributed by atoms with E-state index in [0.29, 0.717) is 11.1 Å². The van der Waals surface area contributed by atoms with Crippen LogP contribution in [-0.2, 0) is 9.59 Å². The quantitative estimate of drug-likeness (QED) is 0.469. The number of fused-ring (bicyclic) bond motifs is 1. The van der Waals surface area contributed by atoms with Gasteiger partial charge in [-0.25, -0.2) is 9.48 Å². The molecule has 0 bridgehead atoms. The number of nitrogens with zero attached hydrogens (tertiary/aromatic N) is 2. The SMILES string of the molecule is NC(=O)c1cccc2cn(-c3ccc(NC(=O)[C@H]4CCCN4)cc3)nc12.O=C(O)C(F)(F)F. The van der Waals surface area contributed by atoms with Gasteiger partial charge in [0.2, 0.25) is 5.91 Å². The van der Waals surface area contributed by atoms with Crippen molar-refractivity contribution in [1.29, 1.82) is 0 Å². The lowest BCUT2D eigenvalue weighted by Crippen LogP contribution is -2.35. The number of carboxylic acids is 1. The van der Waals surface area contributed by atoms with Gasteiger partial charge in [-0.1, -0.05) is 12.1 Å². The van der Waals surface area contributed by atoms with Gasteiger partial charge in [0.05, 0.1) is 17.3 Å². The number of alkyl halides is 3. The fourth-order valence-corrected chi connectivity index (χ4v) is 3.21. The summed E-state index contributed by atoms with van der Waals surface area (Å²) in [6, 6.07) is 12.6. The molecule has 9 nitrogen and oxygen atoms in total. The second-order valence-electron chi connectivity index (χ2n) is 7.17. The van der Waals surface area contributed by atoms with Crippen molar-refractivity contribution in [1.82, 2.24) is 15.1 Å². The Labute approximate surface area is 185 Å². The van der Waals surface area contributed by atoms with Crippen molar-refractivity contribution in [3.05, 3.63) is 54.2 Å². The lowest BCUT2D eigenvalue weighted by atomic mass is 10.1. The van der Waals surface area contributed by atoms with Crippen molar-refractivity contribution in [3.8, 4) is 5.69 Å². The second kappa shape index (κ2) is 9.69. The largest absolute Gasteiger partial charge is 0.490 e. The van der Waals surface area contributed by atoms with E-state index in [0.717, 1.165) is 36.1 Å². The normalized spacial score (nSPS) is 15.5. The molecule has 0 unspecified atom stereocenters. The Balaban J connectivity index is 0.000000383. The van der Waals surface area contributed by atoms with Crippen LogP contribution in [0.3, 0.4) is 0 Å². The number of carbonyl (C=O) groups is 3. The standard InChI is InChI=1S/C19H19N5O2.C2HF3O2/c20-18(25)15-4-1-3-12-11-24(23-17(12)15)14-8-6-13(7-9-14)22-19(26)16-5-2-10-21-16;3-2(4,5)1(6)7/h1,3-4,6-9,11,16,21H,2,5,10H2,(H2,20,25)(H,22,26);(H,6,7)/t16-;/m1./s1. The Kier molecular flexibility index (Phi) is 6.97. The molecule has 0 radical (unpaired) electrons. The lowest BCUT2D eigenvalue weighted by molar-refractivity contribution is -0.192. The maximum atomic E-state index is 12.2. The molecule has 1 aromatic heterocycles. The zero-order valence-electron chi connectivity index (χ0n) is 17.1. The highest BCUT2D eigenvalue weighted by molar-refractivity contribution is 6.04. The average molecular weight is 463 g/mol. The molecule has 1 aliphatic rings. The van der Waals surface area contributed by atoms with Crippen LogP contribution in [0.4, 0.5) is 18.9 Å². The topological polar surface area (TPSA) is 139 Å². The number of hydrogen-bond acceptors (Lipinski definition) is 5. The van der Waals surface area contributed by atoms with Crippen LogP contribution in [0.2, 0.25) is 0 Å². The molecule has 2 heterocycles. The molecule has 1 fully saturated rings. The third-order valence-electron chi connectivity index (χ3n) is 4.82. The van der Waals surface area contributed by atoms with Crippen LogP contribution < -0.4 is 16.4 Å². The number of carboxylic acid groups (broad SMARTS) is 1. The number of amides is 2. The summed E-state index contributed by atoms with van der Waals surface area (Å²) in [6.07, 6.45) is -1.35. The summed E-state index contributed by atoms with van der Waals surface area (Å²) in [7, 11) is 0. The third-order valence-corrected chi connectivity index (χ3v) is 4.82. The maximum absolute atomic E-state index is 12.2.